The molecule has 0 spiro atoms. The average molecular weight is 249 g/mol. The Morgan fingerprint density at radius 1 is 1.50 bits per heavy atom. The Labute approximate surface area is 107 Å². The lowest BCUT2D eigenvalue weighted by atomic mass is 9.83. The van der Waals surface area contributed by atoms with E-state index in [2.05, 4.69) is 13.8 Å². The first-order chi connectivity index (χ1) is 8.49. The molecule has 0 saturated carbocycles. The zero-order valence-corrected chi connectivity index (χ0v) is 11.0. The van der Waals surface area contributed by atoms with Crippen molar-refractivity contribution >= 4 is 5.97 Å². The fourth-order valence-corrected chi connectivity index (χ4v) is 2.23. The second-order valence-electron chi connectivity index (χ2n) is 4.97. The number of hydrogen-bond donors (Lipinski definition) is 1. The van der Waals surface area contributed by atoms with Gasteiger partial charge < -0.3 is 15.2 Å². The van der Waals surface area contributed by atoms with Crippen LogP contribution in [0.2, 0.25) is 0 Å². The van der Waals surface area contributed by atoms with Crippen LogP contribution in [0.25, 0.3) is 0 Å². The van der Waals surface area contributed by atoms with Gasteiger partial charge in [0, 0.05) is 12.0 Å². The molecule has 1 heterocycles. The molecule has 2 N–H and O–H groups in total. The van der Waals surface area contributed by atoms with E-state index in [1.54, 1.807) is 0 Å². The third-order valence-corrected chi connectivity index (χ3v) is 3.45. The topological polar surface area (TPSA) is 61.5 Å². The van der Waals surface area contributed by atoms with Crippen molar-refractivity contribution < 1.29 is 14.3 Å². The summed E-state index contributed by atoms with van der Waals surface area (Å²) in [6, 6.07) is 5.84. The maximum Gasteiger partial charge on any atom is 0.330 e. The zero-order valence-electron chi connectivity index (χ0n) is 11.0. The van der Waals surface area contributed by atoms with Crippen molar-refractivity contribution in [3.05, 3.63) is 29.3 Å². The van der Waals surface area contributed by atoms with Crippen molar-refractivity contribution in [1.82, 2.24) is 0 Å². The van der Waals surface area contributed by atoms with E-state index in [9.17, 15) is 4.79 Å². The Bertz CT molecular complexity index is 470. The molecule has 4 heteroatoms. The number of ether oxygens (including phenoxy) is 2. The highest BCUT2D eigenvalue weighted by atomic mass is 16.5. The summed E-state index contributed by atoms with van der Waals surface area (Å²) in [5, 5.41) is 0. The van der Waals surface area contributed by atoms with E-state index in [1.165, 1.54) is 7.11 Å². The first-order valence-electron chi connectivity index (χ1n) is 6.13. The minimum Gasteiger partial charge on any atom is -0.493 e. The Kier molecular flexibility index (Phi) is 3.30. The molecule has 1 aromatic rings. The number of carbonyl (C=O) groups is 1. The van der Waals surface area contributed by atoms with Crippen LogP contribution in [-0.2, 0) is 15.1 Å². The van der Waals surface area contributed by atoms with Crippen molar-refractivity contribution in [1.29, 1.82) is 0 Å². The molecule has 2 rings (SSSR count). The lowest BCUT2D eigenvalue weighted by Gasteiger charge is -2.33. The Morgan fingerprint density at radius 2 is 2.22 bits per heavy atom. The highest BCUT2D eigenvalue weighted by molar-refractivity contribution is 5.83. The van der Waals surface area contributed by atoms with E-state index in [-0.39, 0.29) is 0 Å². The van der Waals surface area contributed by atoms with Gasteiger partial charge in [-0.3, -0.25) is 0 Å². The summed E-state index contributed by atoms with van der Waals surface area (Å²) in [6.07, 6.45) is 0.439. The molecule has 0 fully saturated rings. The van der Waals surface area contributed by atoms with Crippen LogP contribution >= 0.6 is 0 Å². The number of esters is 1. The standard InChI is InChI=1S/C14H19NO3/c1-9(2)10-4-5-12-11(8-10)14(15,6-7-18-12)13(16)17-3/h4-5,8-9H,6-7,15H2,1-3H3. The van der Waals surface area contributed by atoms with Crippen LogP contribution in [0.15, 0.2) is 18.2 Å². The first kappa shape index (κ1) is 12.9. The normalized spacial score (nSPS) is 22.3. The number of hydrogen-bond acceptors (Lipinski definition) is 4. The van der Waals surface area contributed by atoms with Crippen LogP contribution in [0.1, 0.15) is 37.3 Å². The summed E-state index contributed by atoms with van der Waals surface area (Å²) in [7, 11) is 1.36. The van der Waals surface area contributed by atoms with Gasteiger partial charge >= 0.3 is 5.97 Å². The smallest absolute Gasteiger partial charge is 0.330 e. The largest absolute Gasteiger partial charge is 0.493 e. The van der Waals surface area contributed by atoms with E-state index in [1.807, 2.05) is 18.2 Å². The molecule has 1 unspecified atom stereocenters. The summed E-state index contributed by atoms with van der Waals surface area (Å²) in [6.45, 7) is 4.63. The highest BCUT2D eigenvalue weighted by Gasteiger charge is 2.42. The summed E-state index contributed by atoms with van der Waals surface area (Å²) in [5.41, 5.74) is 7.01. The maximum absolute atomic E-state index is 11.9. The van der Waals surface area contributed by atoms with Gasteiger partial charge in [-0.05, 0) is 23.6 Å². The molecule has 0 bridgehead atoms. The number of rotatable bonds is 2. The van der Waals surface area contributed by atoms with E-state index < -0.39 is 11.5 Å². The van der Waals surface area contributed by atoms with Gasteiger partial charge in [0.2, 0.25) is 0 Å². The molecular formula is C14H19NO3. The molecule has 4 nitrogen and oxygen atoms in total. The van der Waals surface area contributed by atoms with Crippen molar-refractivity contribution in [2.45, 2.75) is 31.7 Å². The van der Waals surface area contributed by atoms with Crippen molar-refractivity contribution in [3.63, 3.8) is 0 Å². The van der Waals surface area contributed by atoms with E-state index in [0.29, 0.717) is 24.7 Å². The second-order valence-corrected chi connectivity index (χ2v) is 4.97. The first-order valence-corrected chi connectivity index (χ1v) is 6.13. The average Bonchev–Trinajstić information content (AvgIpc) is 2.37. The van der Waals surface area contributed by atoms with Gasteiger partial charge in [-0.25, -0.2) is 4.79 Å². The number of nitrogens with two attached hydrogens (primary N) is 1. The zero-order chi connectivity index (χ0) is 13.3. The SMILES string of the molecule is COC(=O)C1(N)CCOc2ccc(C(C)C)cc21. The van der Waals surface area contributed by atoms with E-state index in [4.69, 9.17) is 15.2 Å². The third kappa shape index (κ3) is 1.97. The van der Waals surface area contributed by atoms with Gasteiger partial charge in [0.15, 0.2) is 0 Å². The lowest BCUT2D eigenvalue weighted by molar-refractivity contribution is -0.148. The number of carbonyl (C=O) groups excluding carboxylic acids is 1. The summed E-state index contributed by atoms with van der Waals surface area (Å²) in [5.74, 6) is 0.644. The van der Waals surface area contributed by atoms with Crippen LogP contribution in [0.5, 0.6) is 5.75 Å². The molecule has 0 aliphatic carbocycles. The Morgan fingerprint density at radius 3 is 2.83 bits per heavy atom. The fraction of sp³-hybridized carbons (Fsp3) is 0.500. The van der Waals surface area contributed by atoms with Crippen molar-refractivity contribution in [2.75, 3.05) is 13.7 Å². The van der Waals surface area contributed by atoms with Gasteiger partial charge in [0.1, 0.15) is 11.3 Å². The van der Waals surface area contributed by atoms with Crippen LogP contribution < -0.4 is 10.5 Å². The third-order valence-electron chi connectivity index (χ3n) is 3.45. The second kappa shape index (κ2) is 4.61. The number of methoxy groups -OCH3 is 1. The molecule has 18 heavy (non-hydrogen) atoms. The summed E-state index contributed by atoms with van der Waals surface area (Å²) in [4.78, 5) is 11.9. The van der Waals surface area contributed by atoms with Crippen molar-refractivity contribution in [3.8, 4) is 5.75 Å². The minimum absolute atomic E-state index is 0.374. The van der Waals surface area contributed by atoms with Gasteiger partial charge in [-0.1, -0.05) is 19.9 Å². The monoisotopic (exact) mass is 249 g/mol. The molecule has 0 aromatic heterocycles. The van der Waals surface area contributed by atoms with Gasteiger partial charge in [-0.2, -0.15) is 0 Å². The van der Waals surface area contributed by atoms with Gasteiger partial charge in [-0.15, -0.1) is 0 Å². The summed E-state index contributed by atoms with van der Waals surface area (Å²) < 4.78 is 10.4. The van der Waals surface area contributed by atoms with Crippen LogP contribution in [-0.4, -0.2) is 19.7 Å². The number of fused-ring (bicyclic) bond motifs is 1. The Hall–Kier alpha value is -1.55. The maximum atomic E-state index is 11.9. The molecular weight excluding hydrogens is 230 g/mol. The van der Waals surface area contributed by atoms with Crippen molar-refractivity contribution in [2.24, 2.45) is 5.73 Å². The van der Waals surface area contributed by atoms with E-state index >= 15 is 0 Å². The molecule has 1 aromatic carbocycles. The van der Waals surface area contributed by atoms with Gasteiger partial charge in [0.05, 0.1) is 13.7 Å². The predicted octanol–water partition coefficient (Wildman–Crippen LogP) is 1.92. The van der Waals surface area contributed by atoms with Crippen LogP contribution in [0.3, 0.4) is 0 Å². The number of benzene rings is 1. The molecule has 1 atom stereocenters. The van der Waals surface area contributed by atoms with Crippen LogP contribution in [0.4, 0.5) is 0 Å². The molecule has 1 aliphatic heterocycles. The Balaban J connectivity index is 2.53. The van der Waals surface area contributed by atoms with Crippen LogP contribution in [0, 0.1) is 0 Å². The van der Waals surface area contributed by atoms with Gasteiger partial charge in [0.25, 0.3) is 0 Å². The quantitative estimate of drug-likeness (QED) is 0.813. The molecule has 98 valence electrons. The highest BCUT2D eigenvalue weighted by Crippen LogP contribution is 2.37. The molecule has 0 amide bonds. The molecule has 0 radical (unpaired) electrons. The minimum atomic E-state index is -1.09. The fourth-order valence-electron chi connectivity index (χ4n) is 2.23. The van der Waals surface area contributed by atoms with E-state index in [0.717, 1.165) is 11.1 Å². The molecule has 1 aliphatic rings. The lowest BCUT2D eigenvalue weighted by Crippen LogP contribution is -2.49. The molecule has 0 saturated heterocycles. The summed E-state index contributed by atoms with van der Waals surface area (Å²) >= 11 is 0. The predicted molar refractivity (Wildman–Crippen MR) is 68.5 cm³/mol.